The fourth-order valence-corrected chi connectivity index (χ4v) is 5.83. The van der Waals surface area contributed by atoms with Gasteiger partial charge in [-0.2, -0.15) is 0 Å². The van der Waals surface area contributed by atoms with Crippen LogP contribution in [0.5, 0.6) is 0 Å². The molecule has 0 aliphatic carbocycles. The zero-order valence-electron chi connectivity index (χ0n) is 32.0. The molecule has 0 rings (SSSR count). The maximum Gasteiger partial charge on any atom is 0.306 e. The molecule has 0 fully saturated rings. The molecule has 6 nitrogen and oxygen atoms in total. The van der Waals surface area contributed by atoms with Gasteiger partial charge in [0.25, 0.3) is 0 Å². The smallest absolute Gasteiger partial charge is 0.306 e. The summed E-state index contributed by atoms with van der Waals surface area (Å²) in [6.07, 6.45) is 37.6. The molecule has 282 valence electrons. The van der Waals surface area contributed by atoms with Crippen LogP contribution < -0.4 is 0 Å². The highest BCUT2D eigenvalue weighted by Gasteiger charge is 2.19. The van der Waals surface area contributed by atoms with Gasteiger partial charge in [0.05, 0.1) is 0 Å². The van der Waals surface area contributed by atoms with Gasteiger partial charge in [-0.25, -0.2) is 0 Å². The normalized spacial score (nSPS) is 12.0. The Morgan fingerprint density at radius 2 is 0.708 bits per heavy atom. The Balaban J connectivity index is 4.36. The number of hydrogen-bond donors (Lipinski definition) is 0. The molecule has 0 bridgehead atoms. The maximum atomic E-state index is 12.6. The number of hydrogen-bond acceptors (Lipinski definition) is 6. The second-order valence-electron chi connectivity index (χ2n) is 13.9. The summed E-state index contributed by atoms with van der Waals surface area (Å²) in [7, 11) is 0. The highest BCUT2D eigenvalue weighted by molar-refractivity contribution is 5.71. The van der Waals surface area contributed by atoms with E-state index in [0.29, 0.717) is 19.3 Å². The lowest BCUT2D eigenvalue weighted by molar-refractivity contribution is -0.167. The number of ether oxygens (including phenoxy) is 3. The molecule has 0 aromatic heterocycles. The predicted octanol–water partition coefficient (Wildman–Crippen LogP) is 12.7. The number of carbonyl (C=O) groups is 3. The van der Waals surface area contributed by atoms with Gasteiger partial charge < -0.3 is 14.2 Å². The molecule has 0 N–H and O–H groups in total. The van der Waals surface area contributed by atoms with E-state index in [-0.39, 0.29) is 31.1 Å². The molecule has 0 heterocycles. The molecular formula is C42H78O6. The number of unbranched alkanes of at least 4 members (excludes halogenated alkanes) is 24. The topological polar surface area (TPSA) is 78.9 Å². The Kier molecular flexibility index (Phi) is 36.5. The molecule has 0 saturated carbocycles. The van der Waals surface area contributed by atoms with Crippen LogP contribution in [0.25, 0.3) is 0 Å². The molecule has 0 amide bonds. The van der Waals surface area contributed by atoms with E-state index < -0.39 is 6.10 Å². The Hall–Kier alpha value is -1.85. The van der Waals surface area contributed by atoms with Crippen molar-refractivity contribution in [1.29, 1.82) is 0 Å². The van der Waals surface area contributed by atoms with Crippen molar-refractivity contribution in [3.8, 4) is 0 Å². The van der Waals surface area contributed by atoms with E-state index in [9.17, 15) is 14.4 Å². The minimum atomic E-state index is -0.765. The van der Waals surface area contributed by atoms with Crippen molar-refractivity contribution in [1.82, 2.24) is 0 Å². The third-order valence-electron chi connectivity index (χ3n) is 9.02. The van der Waals surface area contributed by atoms with Crippen LogP contribution in [0.1, 0.15) is 220 Å². The van der Waals surface area contributed by atoms with E-state index >= 15 is 0 Å². The van der Waals surface area contributed by atoms with E-state index in [1.165, 1.54) is 103 Å². The Morgan fingerprint density at radius 3 is 1.10 bits per heavy atom. The molecular weight excluding hydrogens is 600 g/mol. The van der Waals surface area contributed by atoms with Crippen LogP contribution in [0.4, 0.5) is 0 Å². The molecule has 0 aliphatic rings. The van der Waals surface area contributed by atoms with Crippen LogP contribution in [0.15, 0.2) is 12.2 Å². The second kappa shape index (κ2) is 38.0. The van der Waals surface area contributed by atoms with Gasteiger partial charge in [0.15, 0.2) is 6.10 Å². The Bertz CT molecular complexity index is 748. The zero-order chi connectivity index (χ0) is 35.2. The summed E-state index contributed by atoms with van der Waals surface area (Å²) in [5, 5.41) is 0. The largest absolute Gasteiger partial charge is 0.462 e. The van der Waals surface area contributed by atoms with Crippen molar-refractivity contribution in [3.63, 3.8) is 0 Å². The third kappa shape index (κ3) is 35.5. The number of rotatable bonds is 37. The summed E-state index contributed by atoms with van der Waals surface area (Å²) in [6.45, 7) is 6.55. The SMILES string of the molecule is CCCC/C=C\CCCCCCC(=O)OC(COC(=O)CCCCCCCCCCC)COC(=O)CCCCCCCCCCCCC. The lowest BCUT2D eigenvalue weighted by atomic mass is 10.1. The van der Waals surface area contributed by atoms with Crippen molar-refractivity contribution in [2.45, 2.75) is 226 Å². The molecule has 0 aliphatic heterocycles. The molecule has 0 aromatic carbocycles. The lowest BCUT2D eigenvalue weighted by Gasteiger charge is -2.18. The molecule has 1 unspecified atom stereocenters. The molecule has 1 atom stereocenters. The van der Waals surface area contributed by atoms with Gasteiger partial charge in [-0.3, -0.25) is 14.4 Å². The molecule has 0 aromatic rings. The Labute approximate surface area is 297 Å². The maximum absolute atomic E-state index is 12.6. The fraction of sp³-hybridized carbons (Fsp3) is 0.881. The summed E-state index contributed by atoms with van der Waals surface area (Å²) >= 11 is 0. The van der Waals surface area contributed by atoms with Crippen LogP contribution in [-0.4, -0.2) is 37.2 Å². The van der Waals surface area contributed by atoms with Gasteiger partial charge in [-0.05, 0) is 38.5 Å². The highest BCUT2D eigenvalue weighted by Crippen LogP contribution is 2.14. The van der Waals surface area contributed by atoms with E-state index in [1.54, 1.807) is 0 Å². The van der Waals surface area contributed by atoms with Crippen molar-refractivity contribution < 1.29 is 28.6 Å². The second-order valence-corrected chi connectivity index (χ2v) is 13.9. The van der Waals surface area contributed by atoms with Crippen LogP contribution in [0, 0.1) is 0 Å². The first-order valence-corrected chi connectivity index (χ1v) is 20.7. The quantitative estimate of drug-likeness (QED) is 0.0282. The number of allylic oxidation sites excluding steroid dienone is 2. The van der Waals surface area contributed by atoms with Crippen LogP contribution >= 0.6 is 0 Å². The van der Waals surface area contributed by atoms with Crippen LogP contribution in [0.2, 0.25) is 0 Å². The first-order valence-electron chi connectivity index (χ1n) is 20.7. The Morgan fingerprint density at radius 1 is 0.396 bits per heavy atom. The molecule has 0 radical (unpaired) electrons. The van der Waals surface area contributed by atoms with Gasteiger partial charge in [0.2, 0.25) is 0 Å². The monoisotopic (exact) mass is 679 g/mol. The van der Waals surface area contributed by atoms with E-state index in [1.807, 2.05) is 0 Å². The molecule has 6 heteroatoms. The summed E-state index contributed by atoms with van der Waals surface area (Å²) in [5.41, 5.74) is 0. The van der Waals surface area contributed by atoms with Crippen molar-refractivity contribution >= 4 is 17.9 Å². The highest BCUT2D eigenvalue weighted by atomic mass is 16.6. The molecule has 0 saturated heterocycles. The summed E-state index contributed by atoms with van der Waals surface area (Å²) < 4.78 is 16.6. The third-order valence-corrected chi connectivity index (χ3v) is 9.02. The predicted molar refractivity (Wildman–Crippen MR) is 201 cm³/mol. The first kappa shape index (κ1) is 46.1. The molecule has 48 heavy (non-hydrogen) atoms. The van der Waals surface area contributed by atoms with Crippen LogP contribution in [0.3, 0.4) is 0 Å². The van der Waals surface area contributed by atoms with Gasteiger partial charge in [0, 0.05) is 19.3 Å². The minimum absolute atomic E-state index is 0.0711. The summed E-state index contributed by atoms with van der Waals surface area (Å²) in [6, 6.07) is 0. The van der Waals surface area contributed by atoms with Crippen LogP contribution in [-0.2, 0) is 28.6 Å². The lowest BCUT2D eigenvalue weighted by Crippen LogP contribution is -2.30. The van der Waals surface area contributed by atoms with E-state index in [2.05, 4.69) is 32.9 Å². The zero-order valence-corrected chi connectivity index (χ0v) is 32.0. The molecule has 0 spiro atoms. The van der Waals surface area contributed by atoms with Gasteiger partial charge in [-0.1, -0.05) is 174 Å². The number of esters is 3. The summed E-state index contributed by atoms with van der Waals surface area (Å²) in [5.74, 6) is -0.886. The van der Waals surface area contributed by atoms with Gasteiger partial charge >= 0.3 is 17.9 Å². The average molecular weight is 679 g/mol. The van der Waals surface area contributed by atoms with Crippen molar-refractivity contribution in [2.24, 2.45) is 0 Å². The average Bonchev–Trinajstić information content (AvgIpc) is 3.08. The minimum Gasteiger partial charge on any atom is -0.462 e. The fourth-order valence-electron chi connectivity index (χ4n) is 5.83. The summed E-state index contributed by atoms with van der Waals surface area (Å²) in [4.78, 5) is 37.4. The standard InChI is InChI=1S/C42H78O6/c1-4-7-10-13-16-19-21-24-26-29-32-35-41(44)47-38-39(37-46-40(43)34-31-28-25-22-18-15-12-9-6-3)48-42(45)36-33-30-27-23-20-17-14-11-8-5-2/h14,17,39H,4-13,15-16,18-38H2,1-3H3/b17-14-. The van der Waals surface area contributed by atoms with E-state index in [4.69, 9.17) is 14.2 Å². The van der Waals surface area contributed by atoms with Crippen molar-refractivity contribution in [3.05, 3.63) is 12.2 Å². The van der Waals surface area contributed by atoms with Crippen molar-refractivity contribution in [2.75, 3.05) is 13.2 Å². The first-order chi connectivity index (χ1) is 23.5. The van der Waals surface area contributed by atoms with Gasteiger partial charge in [-0.15, -0.1) is 0 Å². The van der Waals surface area contributed by atoms with E-state index in [0.717, 1.165) is 77.0 Å². The number of carbonyl (C=O) groups excluding carboxylic acids is 3. The van der Waals surface area contributed by atoms with Gasteiger partial charge in [0.1, 0.15) is 13.2 Å².